The lowest BCUT2D eigenvalue weighted by Crippen LogP contribution is -2.36. The zero-order valence-corrected chi connectivity index (χ0v) is 17.0. The van der Waals surface area contributed by atoms with Gasteiger partial charge in [0, 0.05) is 29.2 Å². The van der Waals surface area contributed by atoms with Crippen molar-refractivity contribution in [1.82, 2.24) is 14.7 Å². The van der Waals surface area contributed by atoms with Gasteiger partial charge < -0.3 is 5.32 Å². The van der Waals surface area contributed by atoms with Crippen LogP contribution in [-0.4, -0.2) is 44.9 Å². The average molecular weight is 429 g/mol. The summed E-state index contributed by atoms with van der Waals surface area (Å²) in [6, 6.07) is 4.41. The van der Waals surface area contributed by atoms with Crippen LogP contribution in [0.4, 0.5) is 19.0 Å². The van der Waals surface area contributed by atoms with E-state index in [0.29, 0.717) is 11.9 Å². The SMILES string of the molecule is FC(F)(F)[C@H]1C[C@@H](c2cccs2)Nc2cc([C@@H]3CCCN3[C@H]3CCSC3)nn21. The molecule has 3 aliphatic heterocycles. The van der Waals surface area contributed by atoms with Crippen molar-refractivity contribution >= 4 is 28.9 Å². The second kappa shape index (κ2) is 7.25. The first kappa shape index (κ1) is 18.8. The van der Waals surface area contributed by atoms with Gasteiger partial charge in [-0.1, -0.05) is 6.07 Å². The molecule has 9 heteroatoms. The molecule has 2 saturated heterocycles. The summed E-state index contributed by atoms with van der Waals surface area (Å²) in [5, 5.41) is 9.73. The Balaban J connectivity index is 1.47. The maximum atomic E-state index is 13.8. The molecule has 4 atom stereocenters. The summed E-state index contributed by atoms with van der Waals surface area (Å²) in [5.41, 5.74) is 0.790. The van der Waals surface area contributed by atoms with Crippen LogP contribution in [0.15, 0.2) is 23.6 Å². The van der Waals surface area contributed by atoms with Crippen molar-refractivity contribution in [3.05, 3.63) is 34.2 Å². The molecule has 2 aromatic heterocycles. The summed E-state index contributed by atoms with van der Waals surface area (Å²) in [5.74, 6) is 2.79. The molecule has 0 aromatic carbocycles. The van der Waals surface area contributed by atoms with Crippen LogP contribution < -0.4 is 5.32 Å². The second-order valence-corrected chi connectivity index (χ2v) is 9.95. The van der Waals surface area contributed by atoms with E-state index in [1.165, 1.54) is 28.2 Å². The number of hydrogen-bond donors (Lipinski definition) is 1. The van der Waals surface area contributed by atoms with Crippen molar-refractivity contribution in [1.29, 1.82) is 0 Å². The van der Waals surface area contributed by atoms with E-state index in [9.17, 15) is 13.2 Å². The average Bonchev–Trinajstić information content (AvgIpc) is 3.47. The van der Waals surface area contributed by atoms with E-state index in [2.05, 4.69) is 15.3 Å². The van der Waals surface area contributed by atoms with Crippen molar-refractivity contribution in [2.24, 2.45) is 0 Å². The van der Waals surface area contributed by atoms with Crippen molar-refractivity contribution in [2.75, 3.05) is 23.4 Å². The first-order valence-electron chi connectivity index (χ1n) is 9.80. The molecular formula is C19H23F3N4S2. The molecule has 4 nitrogen and oxygen atoms in total. The lowest BCUT2D eigenvalue weighted by atomic mass is 10.0. The number of nitrogens with zero attached hydrogens (tertiary/aromatic N) is 3. The van der Waals surface area contributed by atoms with Crippen LogP contribution in [0.1, 0.15) is 54.4 Å². The Morgan fingerprint density at radius 3 is 2.86 bits per heavy atom. The van der Waals surface area contributed by atoms with Gasteiger partial charge in [0.1, 0.15) is 5.82 Å². The number of halogens is 3. The minimum absolute atomic E-state index is 0.0220. The van der Waals surface area contributed by atoms with E-state index >= 15 is 0 Å². The van der Waals surface area contributed by atoms with Crippen molar-refractivity contribution in [3.8, 4) is 0 Å². The largest absolute Gasteiger partial charge is 0.410 e. The zero-order chi connectivity index (χ0) is 19.3. The van der Waals surface area contributed by atoms with Crippen LogP contribution >= 0.6 is 23.1 Å². The molecule has 3 aliphatic rings. The standard InChI is InChI=1S/C19H23F3N4S2/c20-19(21,22)17-9-14(16-4-2-7-28-16)23-18-10-13(24-26(17)18)15-3-1-6-25(15)12-5-8-27-11-12/h2,4,7,10,12,14-15,17,23H,1,3,5-6,8-9,11H2/t12-,14-,15-,17+/m0/s1. The fourth-order valence-electron chi connectivity index (χ4n) is 4.76. The van der Waals surface area contributed by atoms with E-state index in [1.807, 2.05) is 35.3 Å². The second-order valence-electron chi connectivity index (χ2n) is 7.82. The number of anilines is 1. The third-order valence-electron chi connectivity index (χ3n) is 6.11. The minimum Gasteiger partial charge on any atom is -0.363 e. The highest BCUT2D eigenvalue weighted by molar-refractivity contribution is 7.99. The van der Waals surface area contributed by atoms with Crippen LogP contribution in [0, 0.1) is 0 Å². The van der Waals surface area contributed by atoms with Gasteiger partial charge in [-0.15, -0.1) is 11.3 Å². The first-order chi connectivity index (χ1) is 13.5. The highest BCUT2D eigenvalue weighted by Crippen LogP contribution is 2.46. The lowest BCUT2D eigenvalue weighted by Gasteiger charge is -2.32. The fraction of sp³-hybridized carbons (Fsp3) is 0.632. The number of fused-ring (bicyclic) bond motifs is 1. The molecule has 1 N–H and O–H groups in total. The number of thiophene rings is 1. The van der Waals surface area contributed by atoms with E-state index < -0.39 is 12.2 Å². The number of aromatic nitrogens is 2. The molecule has 2 aromatic rings. The fourth-order valence-corrected chi connectivity index (χ4v) is 6.79. The van der Waals surface area contributed by atoms with Crippen molar-refractivity contribution < 1.29 is 13.2 Å². The van der Waals surface area contributed by atoms with Gasteiger partial charge in [0.25, 0.3) is 0 Å². The van der Waals surface area contributed by atoms with Gasteiger partial charge >= 0.3 is 6.18 Å². The highest BCUT2D eigenvalue weighted by Gasteiger charge is 2.47. The molecular weight excluding hydrogens is 405 g/mol. The van der Waals surface area contributed by atoms with E-state index in [4.69, 9.17) is 0 Å². The maximum Gasteiger partial charge on any atom is 0.410 e. The Hall–Kier alpha value is -1.19. The number of likely N-dealkylation sites (tertiary alicyclic amines) is 1. The number of rotatable bonds is 3. The predicted octanol–water partition coefficient (Wildman–Crippen LogP) is 5.25. The quantitative estimate of drug-likeness (QED) is 0.724. The van der Waals surface area contributed by atoms with Gasteiger partial charge in [0.15, 0.2) is 6.04 Å². The van der Waals surface area contributed by atoms with E-state index in [0.717, 1.165) is 35.7 Å². The molecule has 28 heavy (non-hydrogen) atoms. The van der Waals surface area contributed by atoms with Crippen LogP contribution in [0.2, 0.25) is 0 Å². The highest BCUT2D eigenvalue weighted by atomic mass is 32.2. The third kappa shape index (κ3) is 3.35. The van der Waals surface area contributed by atoms with Crippen LogP contribution in [0.5, 0.6) is 0 Å². The van der Waals surface area contributed by atoms with E-state index in [1.54, 1.807) is 0 Å². The smallest absolute Gasteiger partial charge is 0.363 e. The molecule has 0 saturated carbocycles. The molecule has 2 fully saturated rings. The van der Waals surface area contributed by atoms with Crippen LogP contribution in [-0.2, 0) is 0 Å². The van der Waals surface area contributed by atoms with Gasteiger partial charge in [-0.05, 0) is 43.0 Å². The molecule has 5 rings (SSSR count). The van der Waals surface area contributed by atoms with Gasteiger partial charge in [0.2, 0.25) is 0 Å². The minimum atomic E-state index is -4.31. The summed E-state index contributed by atoms with van der Waals surface area (Å²) in [4.78, 5) is 3.42. The summed E-state index contributed by atoms with van der Waals surface area (Å²) in [7, 11) is 0. The molecule has 0 amide bonds. The number of hydrogen-bond acceptors (Lipinski definition) is 5. The van der Waals surface area contributed by atoms with Gasteiger partial charge in [-0.3, -0.25) is 4.90 Å². The number of thioether (sulfide) groups is 1. The lowest BCUT2D eigenvalue weighted by molar-refractivity contribution is -0.173. The number of nitrogens with one attached hydrogen (secondary N) is 1. The summed E-state index contributed by atoms with van der Waals surface area (Å²) in [6.07, 6.45) is -1.11. The maximum absolute atomic E-state index is 13.8. The van der Waals surface area contributed by atoms with Gasteiger partial charge in [-0.2, -0.15) is 30.0 Å². The predicted molar refractivity (Wildman–Crippen MR) is 107 cm³/mol. The van der Waals surface area contributed by atoms with Crippen LogP contribution in [0.25, 0.3) is 0 Å². The van der Waals surface area contributed by atoms with E-state index in [-0.39, 0.29) is 18.5 Å². The normalized spacial score (nSPS) is 31.1. The van der Waals surface area contributed by atoms with Crippen LogP contribution in [0.3, 0.4) is 0 Å². The summed E-state index contributed by atoms with van der Waals surface area (Å²) in [6.45, 7) is 1.02. The first-order valence-corrected chi connectivity index (χ1v) is 11.8. The van der Waals surface area contributed by atoms with Gasteiger partial charge in [0.05, 0.1) is 17.8 Å². The molecule has 0 bridgehead atoms. The Kier molecular flexibility index (Phi) is 4.87. The molecule has 5 heterocycles. The Morgan fingerprint density at radius 2 is 2.14 bits per heavy atom. The summed E-state index contributed by atoms with van der Waals surface area (Å²) < 4.78 is 42.7. The Bertz CT molecular complexity index is 814. The van der Waals surface area contributed by atoms with Gasteiger partial charge in [-0.25, -0.2) is 4.68 Å². The Labute approximate surface area is 170 Å². The molecule has 0 aliphatic carbocycles. The van der Waals surface area contributed by atoms with Crippen molar-refractivity contribution in [3.63, 3.8) is 0 Å². The number of alkyl halides is 3. The monoisotopic (exact) mass is 428 g/mol. The molecule has 0 spiro atoms. The van der Waals surface area contributed by atoms with Crippen molar-refractivity contribution in [2.45, 2.75) is 56.0 Å². The molecule has 0 radical (unpaired) electrons. The Morgan fingerprint density at radius 1 is 1.25 bits per heavy atom. The molecule has 0 unspecified atom stereocenters. The zero-order valence-electron chi connectivity index (χ0n) is 15.4. The molecule has 152 valence electrons. The third-order valence-corrected chi connectivity index (χ3v) is 8.24. The summed E-state index contributed by atoms with van der Waals surface area (Å²) >= 11 is 3.46. The topological polar surface area (TPSA) is 33.1 Å².